The molecule has 15 heteroatoms. The zero-order valence-corrected chi connectivity index (χ0v) is 23.3. The number of fused-ring (bicyclic) bond motifs is 1. The third kappa shape index (κ3) is 6.62. The standard InChI is InChI=1S/C26H23BrF5N5O4/c1-12(41-20-9-35-36-23(38)21(20)26(30,31)32)4-14(28)10-37-11-18(27)15-5-17(19(29)6-16(15)24(37)39)22-33-7-13(8-34-22)25(2,3)40/h5-9,11-12,14,40H,4,10H2,1-3H3,(H,36,38)/t12-,14+/m0/s1. The number of aliphatic hydroxyl groups is 1. The van der Waals surface area contributed by atoms with E-state index in [1.807, 2.05) is 0 Å². The van der Waals surface area contributed by atoms with E-state index in [2.05, 4.69) is 31.0 Å². The number of pyridine rings is 1. The highest BCUT2D eigenvalue weighted by Crippen LogP contribution is 2.34. The molecular formula is C26H23BrF5N5O4. The van der Waals surface area contributed by atoms with E-state index in [1.54, 1.807) is 18.9 Å². The zero-order valence-electron chi connectivity index (χ0n) is 21.8. The van der Waals surface area contributed by atoms with Crippen LogP contribution in [-0.2, 0) is 18.3 Å². The minimum atomic E-state index is -5.02. The first-order valence-electron chi connectivity index (χ1n) is 12.1. The Morgan fingerprint density at radius 2 is 1.78 bits per heavy atom. The molecule has 4 rings (SSSR count). The molecule has 0 saturated heterocycles. The van der Waals surface area contributed by atoms with Gasteiger partial charge in [0, 0.05) is 40.4 Å². The Hall–Kier alpha value is -3.72. The van der Waals surface area contributed by atoms with Crippen LogP contribution in [0.3, 0.4) is 0 Å². The summed E-state index contributed by atoms with van der Waals surface area (Å²) in [5.41, 5.74) is -4.58. The van der Waals surface area contributed by atoms with Crippen LogP contribution in [0.2, 0.25) is 0 Å². The van der Waals surface area contributed by atoms with Gasteiger partial charge < -0.3 is 14.4 Å². The third-order valence-corrected chi connectivity index (χ3v) is 6.77. The van der Waals surface area contributed by atoms with Crippen LogP contribution in [-0.4, -0.2) is 42.1 Å². The summed E-state index contributed by atoms with van der Waals surface area (Å²) in [6.07, 6.45) is -3.63. The second-order valence-electron chi connectivity index (χ2n) is 9.86. The predicted octanol–water partition coefficient (Wildman–Crippen LogP) is 4.89. The van der Waals surface area contributed by atoms with Gasteiger partial charge in [-0.3, -0.25) is 9.59 Å². The molecule has 3 aromatic heterocycles. The molecule has 0 aliphatic heterocycles. The Kier molecular flexibility index (Phi) is 8.32. The van der Waals surface area contributed by atoms with Crippen molar-refractivity contribution in [1.82, 2.24) is 24.7 Å². The molecule has 0 aliphatic carbocycles. The highest BCUT2D eigenvalue weighted by molar-refractivity contribution is 9.10. The number of ether oxygens (including phenoxy) is 1. The number of alkyl halides is 4. The van der Waals surface area contributed by atoms with Crippen molar-refractivity contribution in [2.45, 2.75) is 57.8 Å². The van der Waals surface area contributed by atoms with E-state index in [9.17, 15) is 32.3 Å². The van der Waals surface area contributed by atoms with Crippen molar-refractivity contribution in [3.63, 3.8) is 0 Å². The zero-order chi connectivity index (χ0) is 30.3. The molecule has 218 valence electrons. The van der Waals surface area contributed by atoms with E-state index in [-0.39, 0.29) is 16.8 Å². The van der Waals surface area contributed by atoms with E-state index in [1.165, 1.54) is 31.6 Å². The number of hydrogen-bond acceptors (Lipinski definition) is 7. The maximum Gasteiger partial charge on any atom is 0.425 e. The lowest BCUT2D eigenvalue weighted by Gasteiger charge is -2.20. The van der Waals surface area contributed by atoms with Crippen molar-refractivity contribution in [1.29, 1.82) is 0 Å². The summed E-state index contributed by atoms with van der Waals surface area (Å²) >= 11 is 3.32. The average Bonchev–Trinajstić information content (AvgIpc) is 2.85. The number of aromatic nitrogens is 5. The monoisotopic (exact) mass is 643 g/mol. The van der Waals surface area contributed by atoms with Crippen molar-refractivity contribution in [3.8, 4) is 17.1 Å². The summed E-state index contributed by atoms with van der Waals surface area (Å²) in [5, 5.41) is 15.3. The molecule has 0 bridgehead atoms. The summed E-state index contributed by atoms with van der Waals surface area (Å²) in [5.74, 6) is -1.63. The molecule has 0 amide bonds. The first-order valence-corrected chi connectivity index (χ1v) is 12.9. The third-order valence-electron chi connectivity index (χ3n) is 6.14. The van der Waals surface area contributed by atoms with Crippen molar-refractivity contribution in [2.75, 3.05) is 0 Å². The van der Waals surface area contributed by atoms with Crippen molar-refractivity contribution >= 4 is 26.7 Å². The molecule has 0 saturated carbocycles. The number of hydrogen-bond donors (Lipinski definition) is 2. The summed E-state index contributed by atoms with van der Waals surface area (Å²) in [7, 11) is 0. The average molecular weight is 644 g/mol. The van der Waals surface area contributed by atoms with Gasteiger partial charge >= 0.3 is 6.18 Å². The molecular weight excluding hydrogens is 621 g/mol. The predicted molar refractivity (Wildman–Crippen MR) is 142 cm³/mol. The minimum Gasteiger partial charge on any atom is -0.488 e. The number of halogens is 6. The fourth-order valence-electron chi connectivity index (χ4n) is 4.11. The van der Waals surface area contributed by atoms with Crippen LogP contribution in [0.4, 0.5) is 22.0 Å². The maximum absolute atomic E-state index is 15.1. The molecule has 0 fully saturated rings. The normalized spacial score (nSPS) is 13.8. The number of rotatable bonds is 8. The van der Waals surface area contributed by atoms with Crippen LogP contribution in [0, 0.1) is 5.82 Å². The number of H-pyrrole nitrogens is 1. The smallest absolute Gasteiger partial charge is 0.425 e. The molecule has 3 heterocycles. The van der Waals surface area contributed by atoms with E-state index >= 15 is 4.39 Å². The van der Waals surface area contributed by atoms with Gasteiger partial charge in [0.25, 0.3) is 11.1 Å². The molecule has 0 unspecified atom stereocenters. The largest absolute Gasteiger partial charge is 0.488 e. The fraction of sp³-hybridized carbons (Fsp3) is 0.346. The topological polar surface area (TPSA) is 123 Å². The van der Waals surface area contributed by atoms with Gasteiger partial charge in [-0.2, -0.15) is 18.3 Å². The molecule has 0 aliphatic rings. The Morgan fingerprint density at radius 3 is 2.39 bits per heavy atom. The summed E-state index contributed by atoms with van der Waals surface area (Å²) in [6.45, 7) is 3.89. The first-order chi connectivity index (χ1) is 19.1. The lowest BCUT2D eigenvalue weighted by atomic mass is 10.0. The van der Waals surface area contributed by atoms with Gasteiger partial charge in [0.1, 0.15) is 12.0 Å². The number of nitrogens with one attached hydrogen (secondary N) is 1. The van der Waals surface area contributed by atoms with E-state index < -0.39 is 65.3 Å². The van der Waals surface area contributed by atoms with Gasteiger partial charge in [-0.25, -0.2) is 23.8 Å². The molecule has 2 atom stereocenters. The van der Waals surface area contributed by atoms with Crippen LogP contribution in [0.15, 0.2) is 51.0 Å². The van der Waals surface area contributed by atoms with Crippen LogP contribution in [0.5, 0.6) is 5.75 Å². The van der Waals surface area contributed by atoms with E-state index in [4.69, 9.17) is 4.74 Å². The van der Waals surface area contributed by atoms with E-state index in [0.717, 1.165) is 10.6 Å². The Bertz CT molecular complexity index is 1700. The molecule has 1 aromatic carbocycles. The lowest BCUT2D eigenvalue weighted by molar-refractivity contribution is -0.140. The molecule has 9 nitrogen and oxygen atoms in total. The first kappa shape index (κ1) is 30.2. The SMILES string of the molecule is C[C@@H](C[C@@H](F)Cn1cc(Br)c2cc(-c3ncc(C(C)(C)O)cn3)c(F)cc2c1=O)Oc1cn[nH]c(=O)c1C(F)(F)F. The minimum absolute atomic E-state index is 0.000507. The highest BCUT2D eigenvalue weighted by Gasteiger charge is 2.38. The summed E-state index contributed by atoms with van der Waals surface area (Å²) in [4.78, 5) is 32.9. The van der Waals surface area contributed by atoms with Crippen LogP contribution < -0.4 is 15.9 Å². The van der Waals surface area contributed by atoms with Gasteiger partial charge in [0.2, 0.25) is 0 Å². The van der Waals surface area contributed by atoms with Gasteiger partial charge in [-0.15, -0.1) is 0 Å². The molecule has 0 spiro atoms. The van der Waals surface area contributed by atoms with Crippen LogP contribution in [0.25, 0.3) is 22.2 Å². The van der Waals surface area contributed by atoms with Gasteiger partial charge in [0.15, 0.2) is 17.1 Å². The molecule has 4 aromatic rings. The summed E-state index contributed by atoms with van der Waals surface area (Å²) in [6, 6.07) is 2.36. The molecule has 2 N–H and O–H groups in total. The van der Waals surface area contributed by atoms with Gasteiger partial charge in [0.05, 0.1) is 35.4 Å². The van der Waals surface area contributed by atoms with E-state index in [0.29, 0.717) is 21.6 Å². The second kappa shape index (κ2) is 11.3. The summed E-state index contributed by atoms with van der Waals surface area (Å²) < 4.78 is 76.3. The number of nitrogens with zero attached hydrogens (tertiary/aromatic N) is 4. The number of aromatic amines is 1. The Labute approximate surface area is 237 Å². The molecule has 41 heavy (non-hydrogen) atoms. The van der Waals surface area contributed by atoms with Crippen LogP contribution >= 0.6 is 15.9 Å². The van der Waals surface area contributed by atoms with Crippen LogP contribution in [0.1, 0.15) is 38.3 Å². The second-order valence-corrected chi connectivity index (χ2v) is 10.7. The lowest BCUT2D eigenvalue weighted by Crippen LogP contribution is -2.29. The van der Waals surface area contributed by atoms with Crippen molar-refractivity contribution < 1.29 is 31.8 Å². The number of benzene rings is 1. The van der Waals surface area contributed by atoms with Gasteiger partial charge in [-0.05, 0) is 48.8 Å². The fourth-order valence-corrected chi connectivity index (χ4v) is 4.69. The quantitative estimate of drug-likeness (QED) is 0.262. The van der Waals surface area contributed by atoms with Crippen molar-refractivity contribution in [2.24, 2.45) is 0 Å². The Balaban J connectivity index is 1.56. The highest BCUT2D eigenvalue weighted by atomic mass is 79.9. The Morgan fingerprint density at radius 1 is 1.12 bits per heavy atom. The van der Waals surface area contributed by atoms with Crippen molar-refractivity contribution in [3.05, 3.63) is 79.0 Å². The maximum atomic E-state index is 15.1. The van der Waals surface area contributed by atoms with Gasteiger partial charge in [-0.1, -0.05) is 0 Å². The molecule has 0 radical (unpaired) electrons.